The maximum atomic E-state index is 5.83. The van der Waals surface area contributed by atoms with Gasteiger partial charge in [0.1, 0.15) is 0 Å². The summed E-state index contributed by atoms with van der Waals surface area (Å²) < 4.78 is 5.80. The molecular formula is C16H24N2OS. The van der Waals surface area contributed by atoms with Crippen LogP contribution in [0, 0.1) is 0 Å². The van der Waals surface area contributed by atoms with Crippen LogP contribution in [0.4, 0.5) is 0 Å². The van der Waals surface area contributed by atoms with Crippen LogP contribution < -0.4 is 5.73 Å². The zero-order chi connectivity index (χ0) is 14.5. The number of ether oxygens (including phenoxy) is 1. The highest BCUT2D eigenvalue weighted by atomic mass is 32.1. The van der Waals surface area contributed by atoms with E-state index in [1.165, 1.54) is 5.56 Å². The van der Waals surface area contributed by atoms with Crippen LogP contribution in [0.15, 0.2) is 30.3 Å². The second-order valence-corrected chi connectivity index (χ2v) is 6.02. The average Bonchev–Trinajstić information content (AvgIpc) is 2.45. The van der Waals surface area contributed by atoms with Gasteiger partial charge >= 0.3 is 0 Å². The Kier molecular flexibility index (Phi) is 5.52. The Morgan fingerprint density at radius 3 is 2.75 bits per heavy atom. The van der Waals surface area contributed by atoms with Crippen molar-refractivity contribution in [2.45, 2.75) is 44.9 Å². The molecule has 1 aliphatic rings. The van der Waals surface area contributed by atoms with Crippen LogP contribution in [0.2, 0.25) is 0 Å². The van der Waals surface area contributed by atoms with Gasteiger partial charge in [-0.1, -0.05) is 49.5 Å². The third kappa shape index (κ3) is 3.78. The zero-order valence-electron chi connectivity index (χ0n) is 12.3. The molecule has 0 aliphatic carbocycles. The second-order valence-electron chi connectivity index (χ2n) is 5.50. The zero-order valence-corrected chi connectivity index (χ0v) is 13.1. The van der Waals surface area contributed by atoms with E-state index in [1.54, 1.807) is 0 Å². The molecule has 0 radical (unpaired) electrons. The Hall–Kier alpha value is -0.970. The highest BCUT2D eigenvalue weighted by Gasteiger charge is 2.32. The van der Waals surface area contributed by atoms with E-state index in [0.717, 1.165) is 26.0 Å². The molecule has 110 valence electrons. The quantitative estimate of drug-likeness (QED) is 0.847. The van der Waals surface area contributed by atoms with E-state index in [-0.39, 0.29) is 12.1 Å². The van der Waals surface area contributed by atoms with Crippen LogP contribution in [0.1, 0.15) is 38.3 Å². The lowest BCUT2D eigenvalue weighted by molar-refractivity contribution is -0.0722. The first-order valence-corrected chi connectivity index (χ1v) is 7.73. The van der Waals surface area contributed by atoms with Crippen molar-refractivity contribution in [3.63, 3.8) is 0 Å². The van der Waals surface area contributed by atoms with Crippen LogP contribution >= 0.6 is 12.2 Å². The fourth-order valence-electron chi connectivity index (χ4n) is 2.90. The van der Waals surface area contributed by atoms with E-state index in [0.29, 0.717) is 11.0 Å². The summed E-state index contributed by atoms with van der Waals surface area (Å²) >= 11 is 5.17. The lowest BCUT2D eigenvalue weighted by atomic mass is 9.98. The van der Waals surface area contributed by atoms with E-state index in [1.807, 2.05) is 6.07 Å². The minimum atomic E-state index is 0.255. The van der Waals surface area contributed by atoms with Crippen molar-refractivity contribution in [1.82, 2.24) is 4.90 Å². The minimum absolute atomic E-state index is 0.255. The molecule has 1 heterocycles. The molecule has 0 amide bonds. The topological polar surface area (TPSA) is 38.5 Å². The number of thiocarbonyl (C=S) groups is 1. The van der Waals surface area contributed by atoms with Gasteiger partial charge in [-0.2, -0.15) is 0 Å². The van der Waals surface area contributed by atoms with Crippen molar-refractivity contribution in [1.29, 1.82) is 0 Å². The molecule has 3 nitrogen and oxygen atoms in total. The molecule has 3 unspecified atom stereocenters. The number of morpholine rings is 1. The minimum Gasteiger partial charge on any atom is -0.393 e. The molecule has 2 rings (SSSR count). The van der Waals surface area contributed by atoms with Gasteiger partial charge in [-0.25, -0.2) is 0 Å². The summed E-state index contributed by atoms with van der Waals surface area (Å²) in [6, 6.07) is 11.2. The maximum absolute atomic E-state index is 5.83. The predicted molar refractivity (Wildman–Crippen MR) is 86.8 cm³/mol. The fourth-order valence-corrected chi connectivity index (χ4v) is 3.05. The van der Waals surface area contributed by atoms with Crippen molar-refractivity contribution in [3.8, 4) is 0 Å². The number of nitrogens with zero attached hydrogens (tertiary/aromatic N) is 1. The third-order valence-corrected chi connectivity index (χ3v) is 4.13. The molecule has 1 aliphatic heterocycles. The maximum Gasteiger partial charge on any atom is 0.0746 e. The first kappa shape index (κ1) is 15.4. The molecule has 1 aromatic carbocycles. The van der Waals surface area contributed by atoms with Crippen molar-refractivity contribution < 1.29 is 4.74 Å². The van der Waals surface area contributed by atoms with Crippen molar-refractivity contribution in [2.24, 2.45) is 5.73 Å². The second kappa shape index (κ2) is 7.16. The van der Waals surface area contributed by atoms with Gasteiger partial charge < -0.3 is 10.5 Å². The smallest absolute Gasteiger partial charge is 0.0746 e. The number of rotatable bonds is 5. The van der Waals surface area contributed by atoms with Gasteiger partial charge in [0.2, 0.25) is 0 Å². The van der Waals surface area contributed by atoms with Crippen molar-refractivity contribution >= 4 is 17.2 Å². The van der Waals surface area contributed by atoms with Crippen LogP contribution in [0.5, 0.6) is 0 Å². The Balaban J connectivity index is 2.26. The lowest BCUT2D eigenvalue weighted by Crippen LogP contribution is -2.50. The van der Waals surface area contributed by atoms with Crippen molar-refractivity contribution in [3.05, 3.63) is 35.9 Å². The molecule has 0 aromatic heterocycles. The largest absolute Gasteiger partial charge is 0.393 e. The Morgan fingerprint density at radius 2 is 2.15 bits per heavy atom. The van der Waals surface area contributed by atoms with Crippen LogP contribution in [-0.2, 0) is 4.74 Å². The molecule has 1 saturated heterocycles. The SMILES string of the molecule is CCC1COC(C)CN1C(CC(N)=S)c1ccccc1. The van der Waals surface area contributed by atoms with E-state index < -0.39 is 0 Å². The summed E-state index contributed by atoms with van der Waals surface area (Å²) in [5, 5.41) is 0. The Morgan fingerprint density at radius 1 is 1.45 bits per heavy atom. The van der Waals surface area contributed by atoms with Gasteiger partial charge in [-0.05, 0) is 18.9 Å². The van der Waals surface area contributed by atoms with Gasteiger partial charge in [-0.15, -0.1) is 0 Å². The summed E-state index contributed by atoms with van der Waals surface area (Å²) in [6.45, 7) is 6.06. The average molecular weight is 292 g/mol. The van der Waals surface area contributed by atoms with Gasteiger partial charge in [-0.3, -0.25) is 4.90 Å². The summed E-state index contributed by atoms with van der Waals surface area (Å²) in [5.41, 5.74) is 7.12. The summed E-state index contributed by atoms with van der Waals surface area (Å²) in [5.74, 6) is 0. The molecule has 4 heteroatoms. The van der Waals surface area contributed by atoms with Crippen LogP contribution in [0.3, 0.4) is 0 Å². The van der Waals surface area contributed by atoms with E-state index in [9.17, 15) is 0 Å². The number of hydrogen-bond acceptors (Lipinski definition) is 3. The molecule has 0 spiro atoms. The Labute approximate surface area is 127 Å². The normalized spacial score (nSPS) is 25.3. The number of benzene rings is 1. The highest BCUT2D eigenvalue weighted by molar-refractivity contribution is 7.80. The molecule has 1 aromatic rings. The van der Waals surface area contributed by atoms with Gasteiger partial charge in [0, 0.05) is 25.0 Å². The molecule has 0 bridgehead atoms. The lowest BCUT2D eigenvalue weighted by Gasteiger charge is -2.43. The van der Waals surface area contributed by atoms with Crippen molar-refractivity contribution in [2.75, 3.05) is 13.2 Å². The highest BCUT2D eigenvalue weighted by Crippen LogP contribution is 2.30. The number of nitrogens with two attached hydrogens (primary N) is 1. The van der Waals surface area contributed by atoms with Gasteiger partial charge in [0.25, 0.3) is 0 Å². The first-order valence-electron chi connectivity index (χ1n) is 7.32. The first-order chi connectivity index (χ1) is 9.61. The predicted octanol–water partition coefficient (Wildman–Crippen LogP) is 2.90. The molecule has 0 saturated carbocycles. The summed E-state index contributed by atoms with van der Waals surface area (Å²) in [6.07, 6.45) is 2.06. The van der Waals surface area contributed by atoms with Gasteiger partial charge in [0.15, 0.2) is 0 Å². The van der Waals surface area contributed by atoms with Crippen LogP contribution in [-0.4, -0.2) is 35.2 Å². The summed E-state index contributed by atoms with van der Waals surface area (Å²) in [7, 11) is 0. The summed E-state index contributed by atoms with van der Waals surface area (Å²) in [4.78, 5) is 3.09. The molecule has 20 heavy (non-hydrogen) atoms. The third-order valence-electron chi connectivity index (χ3n) is 3.96. The molecular weight excluding hydrogens is 268 g/mol. The Bertz CT molecular complexity index is 437. The van der Waals surface area contributed by atoms with Crippen LogP contribution in [0.25, 0.3) is 0 Å². The van der Waals surface area contributed by atoms with E-state index >= 15 is 0 Å². The number of hydrogen-bond donors (Lipinski definition) is 1. The molecule has 1 fully saturated rings. The standard InChI is InChI=1S/C16H24N2OS/c1-3-14-11-19-12(2)10-18(14)15(9-16(17)20)13-7-5-4-6-8-13/h4-8,12,14-15H,3,9-11H2,1-2H3,(H2,17,20). The van der Waals surface area contributed by atoms with E-state index in [4.69, 9.17) is 22.7 Å². The molecule has 2 N–H and O–H groups in total. The van der Waals surface area contributed by atoms with Gasteiger partial charge in [0.05, 0.1) is 17.7 Å². The molecule has 3 atom stereocenters. The monoisotopic (exact) mass is 292 g/mol. The van der Waals surface area contributed by atoms with E-state index in [2.05, 4.69) is 43.0 Å². The fraction of sp³-hybridized carbons (Fsp3) is 0.562.